The number of pyridine rings is 1. The lowest BCUT2D eigenvalue weighted by atomic mass is 9.94. The monoisotopic (exact) mass is 335 g/mol. The van der Waals surface area contributed by atoms with Crippen molar-refractivity contribution in [2.75, 3.05) is 0 Å². The fraction of sp³-hybridized carbons (Fsp3) is 0.125. The van der Waals surface area contributed by atoms with Crippen LogP contribution >= 0.6 is 23.2 Å². The molecule has 1 aliphatic rings. The van der Waals surface area contributed by atoms with Crippen molar-refractivity contribution >= 4 is 40.3 Å². The number of cyclic esters (lactones) is 1. The summed E-state index contributed by atoms with van der Waals surface area (Å²) in [6.45, 7) is 1.41. The summed E-state index contributed by atoms with van der Waals surface area (Å²) in [5.74, 6) is -2.43. The van der Waals surface area contributed by atoms with Crippen molar-refractivity contribution in [3.63, 3.8) is 0 Å². The molecule has 112 valence electrons. The van der Waals surface area contributed by atoms with Crippen LogP contribution in [0.5, 0.6) is 0 Å². The highest BCUT2D eigenvalue weighted by Gasteiger charge is 2.44. The van der Waals surface area contributed by atoms with E-state index in [0.29, 0.717) is 16.2 Å². The molecule has 2 aromatic rings. The van der Waals surface area contributed by atoms with E-state index in [1.165, 1.54) is 19.2 Å². The Kier molecular flexibility index (Phi) is 3.68. The number of esters is 1. The van der Waals surface area contributed by atoms with Gasteiger partial charge in [-0.25, -0.2) is 4.79 Å². The molecule has 1 N–H and O–H groups in total. The first-order chi connectivity index (χ1) is 10.4. The first kappa shape index (κ1) is 15.0. The topological polar surface area (TPSA) is 59.4 Å². The number of nitrogens with zero attached hydrogens (tertiary/aromatic N) is 1. The van der Waals surface area contributed by atoms with Crippen LogP contribution in [0.15, 0.2) is 42.6 Å². The van der Waals surface area contributed by atoms with Crippen LogP contribution in [0.4, 0.5) is 0 Å². The van der Waals surface area contributed by atoms with E-state index < -0.39 is 11.8 Å². The van der Waals surface area contributed by atoms with Crippen molar-refractivity contribution in [3.05, 3.63) is 63.9 Å². The van der Waals surface area contributed by atoms with Crippen LogP contribution in [0.25, 0.3) is 11.1 Å². The number of hydrogen-bond acceptors (Lipinski definition) is 4. The number of carbonyl (C=O) groups is 1. The summed E-state index contributed by atoms with van der Waals surface area (Å²) >= 11 is 12.0. The van der Waals surface area contributed by atoms with Crippen molar-refractivity contribution in [2.45, 2.75) is 12.7 Å². The number of hydrogen-bond donors (Lipinski definition) is 1. The number of benzene rings is 1. The van der Waals surface area contributed by atoms with Crippen LogP contribution in [0.3, 0.4) is 0 Å². The summed E-state index contributed by atoms with van der Waals surface area (Å²) in [5, 5.41) is 11.0. The minimum atomic E-state index is -1.75. The molecule has 1 aromatic heterocycles. The zero-order valence-electron chi connectivity index (χ0n) is 11.5. The van der Waals surface area contributed by atoms with Gasteiger partial charge in [0.2, 0.25) is 5.79 Å². The molecule has 1 unspecified atom stereocenters. The Morgan fingerprint density at radius 1 is 1.23 bits per heavy atom. The Morgan fingerprint density at radius 3 is 2.55 bits per heavy atom. The summed E-state index contributed by atoms with van der Waals surface area (Å²) in [5.41, 5.74) is 1.35. The molecule has 2 heterocycles. The van der Waals surface area contributed by atoms with Crippen LogP contribution < -0.4 is 0 Å². The lowest BCUT2D eigenvalue weighted by Crippen LogP contribution is -2.26. The van der Waals surface area contributed by atoms with E-state index in [1.807, 2.05) is 6.07 Å². The molecule has 0 saturated carbocycles. The average molecular weight is 336 g/mol. The third kappa shape index (κ3) is 2.50. The maximum atomic E-state index is 12.2. The van der Waals surface area contributed by atoms with Gasteiger partial charge in [0.05, 0.1) is 21.3 Å². The van der Waals surface area contributed by atoms with E-state index in [9.17, 15) is 9.90 Å². The first-order valence-corrected chi connectivity index (χ1v) is 7.23. The van der Waals surface area contributed by atoms with E-state index in [1.54, 1.807) is 24.3 Å². The Morgan fingerprint density at radius 2 is 1.91 bits per heavy atom. The third-order valence-electron chi connectivity index (χ3n) is 3.32. The van der Waals surface area contributed by atoms with Crippen LogP contribution in [-0.4, -0.2) is 21.8 Å². The quantitative estimate of drug-likeness (QED) is 0.852. The van der Waals surface area contributed by atoms with Crippen LogP contribution in [0.1, 0.15) is 18.2 Å². The molecule has 0 radical (unpaired) electrons. The minimum absolute atomic E-state index is 0.137. The molecule has 3 rings (SSSR count). The second-order valence-electron chi connectivity index (χ2n) is 4.97. The highest BCUT2D eigenvalue weighted by atomic mass is 35.5. The van der Waals surface area contributed by atoms with E-state index in [-0.39, 0.29) is 16.3 Å². The highest BCUT2D eigenvalue weighted by Crippen LogP contribution is 2.43. The van der Waals surface area contributed by atoms with Gasteiger partial charge in [0, 0.05) is 18.7 Å². The lowest BCUT2D eigenvalue weighted by molar-refractivity contribution is -0.169. The van der Waals surface area contributed by atoms with E-state index in [2.05, 4.69) is 4.98 Å². The zero-order valence-corrected chi connectivity index (χ0v) is 13.0. The number of aliphatic hydroxyl groups is 1. The van der Waals surface area contributed by atoms with Gasteiger partial charge in [0.1, 0.15) is 0 Å². The van der Waals surface area contributed by atoms with E-state index in [4.69, 9.17) is 27.9 Å². The summed E-state index contributed by atoms with van der Waals surface area (Å²) in [4.78, 5) is 16.4. The molecule has 0 fully saturated rings. The van der Waals surface area contributed by atoms with Crippen LogP contribution in [-0.2, 0) is 9.53 Å². The molecule has 1 aromatic carbocycles. The molecular formula is C16H11Cl2NO3. The highest BCUT2D eigenvalue weighted by molar-refractivity contribution is 6.38. The largest absolute Gasteiger partial charge is 0.425 e. The van der Waals surface area contributed by atoms with Gasteiger partial charge >= 0.3 is 5.97 Å². The molecular weight excluding hydrogens is 325 g/mol. The molecule has 0 spiro atoms. The van der Waals surface area contributed by atoms with Crippen molar-refractivity contribution in [1.29, 1.82) is 0 Å². The normalized spacial score (nSPS) is 21.2. The fourth-order valence-corrected chi connectivity index (χ4v) is 2.92. The summed E-state index contributed by atoms with van der Waals surface area (Å²) in [6, 6.07) is 10.5. The van der Waals surface area contributed by atoms with Gasteiger partial charge in [0.15, 0.2) is 0 Å². The zero-order chi connectivity index (χ0) is 15.9. The van der Waals surface area contributed by atoms with Crippen molar-refractivity contribution in [1.82, 2.24) is 4.98 Å². The van der Waals surface area contributed by atoms with Crippen LogP contribution in [0.2, 0.25) is 10.0 Å². The standard InChI is InChI=1S/C16H11Cl2NO3/c1-16(21)13(9-5-3-2-4-6-9)12(15(20)22-16)14-11(18)7-10(17)8-19-14/h2-8,21H,1H3. The second-order valence-corrected chi connectivity index (χ2v) is 5.82. The Labute approximate surface area is 137 Å². The Bertz CT molecular complexity index is 785. The van der Waals surface area contributed by atoms with Crippen LogP contribution in [0, 0.1) is 0 Å². The average Bonchev–Trinajstić information content (AvgIpc) is 2.69. The van der Waals surface area contributed by atoms with E-state index >= 15 is 0 Å². The van der Waals surface area contributed by atoms with Gasteiger partial charge < -0.3 is 9.84 Å². The number of carbonyl (C=O) groups excluding carboxylic acids is 1. The van der Waals surface area contributed by atoms with Crippen molar-refractivity contribution in [3.8, 4) is 0 Å². The second kappa shape index (κ2) is 5.39. The van der Waals surface area contributed by atoms with Crippen molar-refractivity contribution < 1.29 is 14.6 Å². The smallest absolute Gasteiger partial charge is 0.343 e. The summed E-state index contributed by atoms with van der Waals surface area (Å²) in [6.07, 6.45) is 1.39. The molecule has 0 amide bonds. The first-order valence-electron chi connectivity index (χ1n) is 6.47. The van der Waals surface area contributed by atoms with E-state index in [0.717, 1.165) is 0 Å². The summed E-state index contributed by atoms with van der Waals surface area (Å²) < 4.78 is 5.08. The minimum Gasteiger partial charge on any atom is -0.425 e. The fourth-order valence-electron chi connectivity index (χ4n) is 2.45. The number of ether oxygens (including phenoxy) is 1. The molecule has 6 heteroatoms. The number of halogens is 2. The number of rotatable bonds is 2. The summed E-state index contributed by atoms with van der Waals surface area (Å²) in [7, 11) is 0. The third-order valence-corrected chi connectivity index (χ3v) is 3.81. The molecule has 1 atom stereocenters. The number of aromatic nitrogens is 1. The molecule has 1 aliphatic heterocycles. The SMILES string of the molecule is CC1(O)OC(=O)C(c2ncc(Cl)cc2Cl)=C1c1ccccc1. The Balaban J connectivity index is 2.30. The Hall–Kier alpha value is -1.88. The molecule has 4 nitrogen and oxygen atoms in total. The molecule has 22 heavy (non-hydrogen) atoms. The molecule has 0 bridgehead atoms. The van der Waals surface area contributed by atoms with Gasteiger partial charge in [-0.3, -0.25) is 4.98 Å². The predicted octanol–water partition coefficient (Wildman–Crippen LogP) is 3.56. The molecule has 0 saturated heterocycles. The van der Waals surface area contributed by atoms with Gasteiger partial charge in [0.25, 0.3) is 0 Å². The maximum absolute atomic E-state index is 12.2. The molecule has 0 aliphatic carbocycles. The van der Waals surface area contributed by atoms with Gasteiger partial charge in [-0.15, -0.1) is 0 Å². The maximum Gasteiger partial charge on any atom is 0.343 e. The lowest BCUT2D eigenvalue weighted by Gasteiger charge is -2.19. The predicted molar refractivity (Wildman–Crippen MR) is 84.2 cm³/mol. The van der Waals surface area contributed by atoms with Gasteiger partial charge in [-0.2, -0.15) is 0 Å². The van der Waals surface area contributed by atoms with Gasteiger partial charge in [-0.05, 0) is 11.6 Å². The van der Waals surface area contributed by atoms with Crippen molar-refractivity contribution in [2.24, 2.45) is 0 Å². The van der Waals surface area contributed by atoms with Gasteiger partial charge in [-0.1, -0.05) is 53.5 Å².